The van der Waals surface area contributed by atoms with E-state index in [0.717, 1.165) is 34.5 Å². The third kappa shape index (κ3) is 7.90. The minimum atomic E-state index is -0.887. The number of carbonyl (C=O) groups excluding carboxylic acids is 1. The topological polar surface area (TPSA) is 55.1 Å². The van der Waals surface area contributed by atoms with Crippen molar-refractivity contribution in [3.05, 3.63) is 125 Å². The molecule has 0 fully saturated rings. The van der Waals surface area contributed by atoms with Crippen molar-refractivity contribution in [2.75, 3.05) is 6.54 Å². The molecule has 0 bridgehead atoms. The van der Waals surface area contributed by atoms with Gasteiger partial charge in [0, 0.05) is 17.4 Å². The van der Waals surface area contributed by atoms with Crippen molar-refractivity contribution in [3.8, 4) is 0 Å². The fourth-order valence-corrected chi connectivity index (χ4v) is 5.85. The molecule has 2 aromatic carbocycles. The number of nitrogens with one attached hydrogen (secondary N) is 1. The summed E-state index contributed by atoms with van der Waals surface area (Å²) in [5.41, 5.74) is 12.6. The molecule has 0 spiro atoms. The number of carbonyl (C=O) groups is 1. The first kappa shape index (κ1) is 32.2. The Morgan fingerprint density at radius 3 is 2.59 bits per heavy atom. The van der Waals surface area contributed by atoms with Crippen LogP contribution < -0.4 is 11.1 Å². The lowest BCUT2D eigenvalue weighted by atomic mass is 9.72. The average Bonchev–Trinajstić information content (AvgIpc) is 2.99. The molecule has 1 amide bonds. The highest BCUT2D eigenvalue weighted by Crippen LogP contribution is 2.38. The molecule has 216 valence electrons. The minimum absolute atomic E-state index is 0.0508. The zero-order valence-corrected chi connectivity index (χ0v) is 26.2. The number of aryl methyl sites for hydroxylation is 1. The van der Waals surface area contributed by atoms with Gasteiger partial charge in [0.2, 0.25) is 5.91 Å². The number of fused-ring (bicyclic) bond motifs is 1. The van der Waals surface area contributed by atoms with E-state index in [1.54, 1.807) is 11.8 Å². The molecule has 1 aliphatic carbocycles. The van der Waals surface area contributed by atoms with Crippen LogP contribution in [0.15, 0.2) is 114 Å². The fraction of sp³-hybridized carbons (Fsp3) is 0.324. The molecule has 0 aromatic heterocycles. The Morgan fingerprint density at radius 2 is 1.88 bits per heavy atom. The van der Waals surface area contributed by atoms with Crippen LogP contribution >= 0.6 is 11.8 Å². The van der Waals surface area contributed by atoms with Gasteiger partial charge < -0.3 is 11.1 Å². The van der Waals surface area contributed by atoms with E-state index >= 15 is 0 Å². The van der Waals surface area contributed by atoms with Crippen LogP contribution in [0.3, 0.4) is 0 Å². The van der Waals surface area contributed by atoms with Gasteiger partial charge in [-0.3, -0.25) is 4.79 Å². The van der Waals surface area contributed by atoms with Gasteiger partial charge in [-0.05, 0) is 82.2 Å². The maximum Gasteiger partial charge on any atom is 0.223 e. The van der Waals surface area contributed by atoms with Gasteiger partial charge in [-0.1, -0.05) is 114 Å². The van der Waals surface area contributed by atoms with E-state index in [2.05, 4.69) is 107 Å². The Morgan fingerprint density at radius 1 is 1.17 bits per heavy atom. The summed E-state index contributed by atoms with van der Waals surface area (Å²) >= 11 is 1.55. The fourth-order valence-electron chi connectivity index (χ4n) is 5.22. The molecule has 0 aliphatic heterocycles. The van der Waals surface area contributed by atoms with Crippen molar-refractivity contribution in [3.63, 3.8) is 0 Å². The van der Waals surface area contributed by atoms with E-state index in [1.807, 2.05) is 25.2 Å². The van der Waals surface area contributed by atoms with Gasteiger partial charge in [0.15, 0.2) is 0 Å². The summed E-state index contributed by atoms with van der Waals surface area (Å²) in [6.07, 6.45) is 12.6. The molecule has 3 nitrogen and oxygen atoms in total. The standard InChI is InChI=1S/C37H46N2OS/c1-9-10-19-35-31(8)25(2)15-11-12-16-29(6)37(35,38)22-27(4)36(40)39-23-30(7)41-24-28(5)33-21-20-26(3)32-17-13-14-18-34(32)33/h11-21,24-25,27H,6-10,22-23,38H2,1-5H3,(H,39,40)/b15-11-,16-12-,28-24+,35-19+. The van der Waals surface area contributed by atoms with Gasteiger partial charge >= 0.3 is 0 Å². The summed E-state index contributed by atoms with van der Waals surface area (Å²) in [7, 11) is 0. The molecule has 3 rings (SSSR count). The van der Waals surface area contributed by atoms with E-state index in [-0.39, 0.29) is 17.7 Å². The lowest BCUT2D eigenvalue weighted by molar-refractivity contribution is -0.124. The molecule has 0 heterocycles. The number of nitrogens with two attached hydrogens (primary N) is 1. The third-order valence-electron chi connectivity index (χ3n) is 7.90. The molecule has 3 N–H and O–H groups in total. The van der Waals surface area contributed by atoms with Crippen LogP contribution in [0.25, 0.3) is 16.3 Å². The van der Waals surface area contributed by atoms with Crippen LogP contribution in [0.5, 0.6) is 0 Å². The van der Waals surface area contributed by atoms with Crippen LogP contribution in [-0.2, 0) is 4.79 Å². The first-order chi connectivity index (χ1) is 19.5. The van der Waals surface area contributed by atoms with Crippen molar-refractivity contribution < 1.29 is 4.79 Å². The highest BCUT2D eigenvalue weighted by molar-refractivity contribution is 8.06. The summed E-state index contributed by atoms with van der Waals surface area (Å²) in [4.78, 5) is 14.1. The molecule has 4 heteroatoms. The second kappa shape index (κ2) is 14.5. The second-order valence-corrected chi connectivity index (χ2v) is 12.3. The summed E-state index contributed by atoms with van der Waals surface area (Å²) in [5.74, 6) is -0.249. The van der Waals surface area contributed by atoms with Gasteiger partial charge in [-0.25, -0.2) is 0 Å². The molecule has 41 heavy (non-hydrogen) atoms. The Kier molecular flexibility index (Phi) is 11.4. The predicted octanol–water partition coefficient (Wildman–Crippen LogP) is 9.20. The van der Waals surface area contributed by atoms with Crippen LogP contribution in [-0.4, -0.2) is 18.0 Å². The number of allylic oxidation sites excluding steroid dienone is 5. The largest absolute Gasteiger partial charge is 0.351 e. The van der Waals surface area contributed by atoms with Gasteiger partial charge in [0.25, 0.3) is 0 Å². The number of unbranched alkanes of at least 4 members (excludes halogenated alkanes) is 1. The van der Waals surface area contributed by atoms with Crippen LogP contribution in [0, 0.1) is 18.8 Å². The summed E-state index contributed by atoms with van der Waals surface area (Å²) in [5, 5.41) is 7.70. The van der Waals surface area contributed by atoms with Crippen molar-refractivity contribution in [2.24, 2.45) is 17.6 Å². The second-order valence-electron chi connectivity index (χ2n) is 11.2. The van der Waals surface area contributed by atoms with Crippen molar-refractivity contribution in [1.82, 2.24) is 5.32 Å². The average molecular weight is 567 g/mol. The van der Waals surface area contributed by atoms with Crippen molar-refractivity contribution in [1.29, 1.82) is 0 Å². The quantitative estimate of drug-likeness (QED) is 0.301. The predicted molar refractivity (Wildman–Crippen MR) is 181 cm³/mol. The normalized spacial score (nSPS) is 23.0. The molecular formula is C37H46N2OS. The maximum absolute atomic E-state index is 13.3. The molecule has 3 unspecified atom stereocenters. The van der Waals surface area contributed by atoms with E-state index in [1.165, 1.54) is 27.5 Å². The molecular weight excluding hydrogens is 520 g/mol. The zero-order valence-electron chi connectivity index (χ0n) is 25.4. The molecule has 0 radical (unpaired) electrons. The van der Waals surface area contributed by atoms with Crippen LogP contribution in [0.2, 0.25) is 0 Å². The molecule has 3 atom stereocenters. The lowest BCUT2D eigenvalue weighted by Crippen LogP contribution is -2.47. The van der Waals surface area contributed by atoms with Gasteiger partial charge in [0.05, 0.1) is 5.54 Å². The molecule has 0 saturated carbocycles. The molecule has 1 aliphatic rings. The van der Waals surface area contributed by atoms with E-state index < -0.39 is 5.54 Å². The van der Waals surface area contributed by atoms with Gasteiger partial charge in [-0.2, -0.15) is 0 Å². The van der Waals surface area contributed by atoms with Crippen molar-refractivity contribution >= 4 is 34.0 Å². The highest BCUT2D eigenvalue weighted by Gasteiger charge is 2.37. The minimum Gasteiger partial charge on any atom is -0.351 e. The highest BCUT2D eigenvalue weighted by atomic mass is 32.2. The maximum atomic E-state index is 13.3. The third-order valence-corrected chi connectivity index (χ3v) is 8.85. The first-order valence-electron chi connectivity index (χ1n) is 14.5. The zero-order chi connectivity index (χ0) is 30.2. The summed E-state index contributed by atoms with van der Waals surface area (Å²) in [6.45, 7) is 23.8. The number of benzene rings is 2. The Bertz CT molecular complexity index is 1440. The van der Waals surface area contributed by atoms with E-state index in [0.29, 0.717) is 13.0 Å². The SMILES string of the molecule is C=C(CNC(=O)C(C)CC1(N)C(=C)/C=C\C=C/C(C)C(=C)/C1=C\CCC)S/C=C(\C)c1ccc(C)c2ccccc12. The lowest BCUT2D eigenvalue weighted by Gasteiger charge is -2.37. The van der Waals surface area contributed by atoms with E-state index in [9.17, 15) is 4.79 Å². The Hall–Kier alpha value is -3.34. The number of thioether (sulfide) groups is 1. The first-order valence-corrected chi connectivity index (χ1v) is 15.4. The van der Waals surface area contributed by atoms with Gasteiger partial charge in [0.1, 0.15) is 0 Å². The van der Waals surface area contributed by atoms with E-state index in [4.69, 9.17) is 5.73 Å². The molecule has 2 aromatic rings. The van der Waals surface area contributed by atoms with Crippen molar-refractivity contribution in [2.45, 2.75) is 59.4 Å². The molecule has 0 saturated heterocycles. The van der Waals surface area contributed by atoms with Crippen LogP contribution in [0.1, 0.15) is 58.1 Å². The monoisotopic (exact) mass is 566 g/mol. The van der Waals surface area contributed by atoms with Crippen LogP contribution in [0.4, 0.5) is 0 Å². The summed E-state index contributed by atoms with van der Waals surface area (Å²) in [6, 6.07) is 12.8. The Labute approximate surface area is 251 Å². The van der Waals surface area contributed by atoms with Gasteiger partial charge in [-0.15, -0.1) is 11.8 Å². The summed E-state index contributed by atoms with van der Waals surface area (Å²) < 4.78 is 0. The Balaban J connectivity index is 1.68. The number of amides is 1. The number of hydrogen-bond acceptors (Lipinski definition) is 3. The number of rotatable bonds is 10. The number of hydrogen-bond donors (Lipinski definition) is 2. The smallest absolute Gasteiger partial charge is 0.223 e.